The maximum Gasteiger partial charge on any atom is 0.209 e. The molecular formula is C20H28ClN2S+. The van der Waals surface area contributed by atoms with Crippen LogP contribution in [0.3, 0.4) is 0 Å². The number of nitrogens with zero attached hydrogens (tertiary/aromatic N) is 2. The fraction of sp³-hybridized carbons (Fsp3) is 0.550. The van der Waals surface area contributed by atoms with E-state index in [1.165, 1.54) is 34.8 Å². The van der Waals surface area contributed by atoms with Crippen LogP contribution >= 0.6 is 23.4 Å². The Labute approximate surface area is 155 Å². The molecule has 2 aliphatic heterocycles. The summed E-state index contributed by atoms with van der Waals surface area (Å²) >= 11 is 8.20. The lowest BCUT2D eigenvalue weighted by atomic mass is 9.81. The summed E-state index contributed by atoms with van der Waals surface area (Å²) in [5, 5.41) is 1.31. The van der Waals surface area contributed by atoms with Crippen LogP contribution in [0.2, 0.25) is 0 Å². The summed E-state index contributed by atoms with van der Waals surface area (Å²) in [5.41, 5.74) is 4.24. The SMILES string of the molecule is CCCC[N+]1=C(/C=C2\SC(Cl)CN2CC)C(C)(C)c2ccccc21. The van der Waals surface area contributed by atoms with Gasteiger partial charge in [0.15, 0.2) is 5.71 Å². The minimum atomic E-state index is 0.0295. The third kappa shape index (κ3) is 3.13. The topological polar surface area (TPSA) is 6.25 Å². The van der Waals surface area contributed by atoms with E-state index in [9.17, 15) is 0 Å². The minimum absolute atomic E-state index is 0.0295. The van der Waals surface area contributed by atoms with Crippen LogP contribution in [0.25, 0.3) is 0 Å². The van der Waals surface area contributed by atoms with Crippen LogP contribution in [-0.4, -0.2) is 39.5 Å². The average molecular weight is 364 g/mol. The monoisotopic (exact) mass is 363 g/mol. The lowest BCUT2D eigenvalue weighted by molar-refractivity contribution is -0.438. The molecule has 2 aliphatic rings. The van der Waals surface area contributed by atoms with Crippen LogP contribution in [0.4, 0.5) is 5.69 Å². The number of benzene rings is 1. The van der Waals surface area contributed by atoms with E-state index < -0.39 is 0 Å². The van der Waals surface area contributed by atoms with E-state index in [0.717, 1.165) is 19.6 Å². The molecule has 0 amide bonds. The molecule has 3 rings (SSSR count). The molecule has 1 aromatic carbocycles. The molecule has 0 aromatic heterocycles. The lowest BCUT2D eigenvalue weighted by Crippen LogP contribution is -2.29. The number of thioether (sulfide) groups is 1. The molecule has 0 saturated carbocycles. The molecule has 4 heteroatoms. The van der Waals surface area contributed by atoms with E-state index in [1.807, 2.05) is 0 Å². The fourth-order valence-corrected chi connectivity index (χ4v) is 5.18. The highest BCUT2D eigenvalue weighted by atomic mass is 35.5. The van der Waals surface area contributed by atoms with Crippen molar-refractivity contribution >= 4 is 34.8 Å². The molecule has 0 radical (unpaired) electrons. The smallest absolute Gasteiger partial charge is 0.209 e. The number of para-hydroxylation sites is 1. The summed E-state index contributed by atoms with van der Waals surface area (Å²) in [4.78, 5) is 2.40. The van der Waals surface area contributed by atoms with E-state index in [4.69, 9.17) is 11.6 Å². The molecule has 24 heavy (non-hydrogen) atoms. The van der Waals surface area contributed by atoms with Gasteiger partial charge >= 0.3 is 0 Å². The number of hydrogen-bond donors (Lipinski definition) is 0. The molecule has 1 fully saturated rings. The molecule has 0 aliphatic carbocycles. The van der Waals surface area contributed by atoms with Crippen molar-refractivity contribution in [3.63, 3.8) is 0 Å². The van der Waals surface area contributed by atoms with E-state index in [2.05, 4.69) is 67.5 Å². The summed E-state index contributed by atoms with van der Waals surface area (Å²) in [6.07, 6.45) is 4.81. The predicted octanol–water partition coefficient (Wildman–Crippen LogP) is 5.34. The van der Waals surface area contributed by atoms with Gasteiger partial charge in [-0.1, -0.05) is 43.3 Å². The highest BCUT2D eigenvalue weighted by Gasteiger charge is 2.44. The molecule has 2 nitrogen and oxygen atoms in total. The first kappa shape index (κ1) is 17.9. The highest BCUT2D eigenvalue weighted by Crippen LogP contribution is 2.42. The lowest BCUT2D eigenvalue weighted by Gasteiger charge is -2.19. The van der Waals surface area contributed by atoms with Crippen LogP contribution in [0.5, 0.6) is 0 Å². The van der Waals surface area contributed by atoms with Crippen molar-refractivity contribution in [3.8, 4) is 0 Å². The van der Waals surface area contributed by atoms with Crippen molar-refractivity contribution in [2.45, 2.75) is 50.7 Å². The van der Waals surface area contributed by atoms with E-state index in [1.54, 1.807) is 11.8 Å². The maximum atomic E-state index is 6.40. The summed E-state index contributed by atoms with van der Waals surface area (Å²) in [6, 6.07) is 8.86. The number of hydrogen-bond acceptors (Lipinski definition) is 2. The van der Waals surface area contributed by atoms with Gasteiger partial charge in [-0.3, -0.25) is 0 Å². The van der Waals surface area contributed by atoms with Gasteiger partial charge in [-0.05, 0) is 20.8 Å². The van der Waals surface area contributed by atoms with Crippen molar-refractivity contribution in [3.05, 3.63) is 40.9 Å². The van der Waals surface area contributed by atoms with Gasteiger partial charge in [-0.15, -0.1) is 11.6 Å². The average Bonchev–Trinajstić information content (AvgIpc) is 3.02. The largest absolute Gasteiger partial charge is 0.364 e. The van der Waals surface area contributed by atoms with Crippen molar-refractivity contribution in [1.82, 2.24) is 4.90 Å². The Morgan fingerprint density at radius 3 is 2.79 bits per heavy atom. The number of allylic oxidation sites excluding steroid dienone is 1. The van der Waals surface area contributed by atoms with E-state index >= 15 is 0 Å². The number of fused-ring (bicyclic) bond motifs is 1. The Balaban J connectivity index is 2.08. The fourth-order valence-electron chi connectivity index (χ4n) is 3.69. The van der Waals surface area contributed by atoms with Gasteiger partial charge in [0.25, 0.3) is 0 Å². The van der Waals surface area contributed by atoms with Crippen molar-refractivity contribution in [2.24, 2.45) is 0 Å². The molecule has 1 saturated heterocycles. The normalized spacial score (nSPS) is 24.1. The zero-order valence-corrected chi connectivity index (χ0v) is 16.8. The van der Waals surface area contributed by atoms with Gasteiger partial charge in [0.05, 0.1) is 10.4 Å². The number of halogens is 1. The highest BCUT2D eigenvalue weighted by molar-refractivity contribution is 8.05. The summed E-state index contributed by atoms with van der Waals surface area (Å²) in [7, 11) is 0. The molecule has 1 atom stereocenters. The van der Waals surface area contributed by atoms with E-state index in [-0.39, 0.29) is 10.1 Å². The second-order valence-corrected chi connectivity index (χ2v) is 9.09. The Kier molecular flexibility index (Phi) is 5.31. The molecule has 0 bridgehead atoms. The number of alkyl halides is 1. The van der Waals surface area contributed by atoms with Gasteiger partial charge < -0.3 is 4.90 Å². The summed E-state index contributed by atoms with van der Waals surface area (Å²) < 4.78 is 2.69. The first-order valence-corrected chi connectivity index (χ1v) is 10.3. The Bertz CT molecular complexity index is 678. The van der Waals surface area contributed by atoms with Gasteiger partial charge in [0.1, 0.15) is 11.3 Å². The molecule has 0 N–H and O–H groups in total. The minimum Gasteiger partial charge on any atom is -0.364 e. The van der Waals surface area contributed by atoms with E-state index in [0.29, 0.717) is 0 Å². The predicted molar refractivity (Wildman–Crippen MR) is 107 cm³/mol. The maximum absolute atomic E-state index is 6.40. The van der Waals surface area contributed by atoms with Gasteiger partial charge in [-0.2, -0.15) is 4.58 Å². The molecule has 1 unspecified atom stereocenters. The Morgan fingerprint density at radius 1 is 1.33 bits per heavy atom. The standard InChI is InChI=1S/C20H28ClN2S/c1-5-7-12-23-16-11-9-8-10-15(16)20(3,4)17(23)13-19-22(6-2)14-18(21)24-19/h8-11,13,18H,5-7,12,14H2,1-4H3/q+1. The second-order valence-electron chi connectivity index (χ2n) is 7.08. The summed E-state index contributed by atoms with van der Waals surface area (Å²) in [5.74, 6) is 0. The van der Waals surface area contributed by atoms with Crippen LogP contribution in [-0.2, 0) is 5.41 Å². The Morgan fingerprint density at radius 2 is 2.08 bits per heavy atom. The molecule has 1 aromatic rings. The van der Waals surface area contributed by atoms with Gasteiger partial charge in [0.2, 0.25) is 5.69 Å². The Hall–Kier alpha value is -0.930. The number of rotatable bonds is 5. The second kappa shape index (κ2) is 7.13. The quantitative estimate of drug-likeness (QED) is 0.514. The zero-order chi connectivity index (χ0) is 17.3. The van der Waals surface area contributed by atoms with Crippen molar-refractivity contribution in [2.75, 3.05) is 19.6 Å². The van der Waals surface area contributed by atoms with Crippen molar-refractivity contribution < 1.29 is 4.58 Å². The molecular weight excluding hydrogens is 336 g/mol. The van der Waals surface area contributed by atoms with Crippen LogP contribution in [0, 0.1) is 0 Å². The molecule has 0 spiro atoms. The van der Waals surface area contributed by atoms with Gasteiger partial charge in [-0.25, -0.2) is 0 Å². The molecule has 130 valence electrons. The van der Waals surface area contributed by atoms with Crippen molar-refractivity contribution in [1.29, 1.82) is 0 Å². The third-order valence-electron chi connectivity index (χ3n) is 5.10. The van der Waals surface area contributed by atoms with Crippen LogP contribution in [0.15, 0.2) is 35.4 Å². The third-order valence-corrected chi connectivity index (χ3v) is 6.53. The summed E-state index contributed by atoms with van der Waals surface area (Å²) in [6.45, 7) is 12.2. The van der Waals surface area contributed by atoms with Crippen LogP contribution < -0.4 is 0 Å². The van der Waals surface area contributed by atoms with Gasteiger partial charge in [0, 0.05) is 37.2 Å². The van der Waals surface area contributed by atoms with Crippen LogP contribution in [0.1, 0.15) is 46.1 Å². The zero-order valence-electron chi connectivity index (χ0n) is 15.2. The number of unbranched alkanes of at least 4 members (excludes halogenated alkanes) is 1. The molecule has 2 heterocycles. The first-order chi connectivity index (χ1) is 11.5. The first-order valence-electron chi connectivity index (χ1n) is 9.00.